The van der Waals surface area contributed by atoms with Gasteiger partial charge in [-0.2, -0.15) is 0 Å². The fourth-order valence-electron chi connectivity index (χ4n) is 3.69. The molecule has 1 atom stereocenters. The number of carbonyl (C=O) groups is 1. The van der Waals surface area contributed by atoms with Crippen LogP contribution in [0.2, 0.25) is 0 Å². The lowest BCUT2D eigenvalue weighted by molar-refractivity contribution is -0.123. The largest absolute Gasteiger partial charge is 0.376 e. The Morgan fingerprint density at radius 2 is 2.04 bits per heavy atom. The number of ether oxygens (including phenoxy) is 1. The van der Waals surface area contributed by atoms with E-state index in [1.807, 2.05) is 18.2 Å². The average molecular weight is 357 g/mol. The molecule has 1 aromatic carbocycles. The number of H-pyrrole nitrogens is 1. The molecule has 0 radical (unpaired) electrons. The average Bonchev–Trinajstić information content (AvgIpc) is 3.30. The van der Waals surface area contributed by atoms with Crippen LogP contribution in [0.1, 0.15) is 18.7 Å². The molecule has 7 heteroatoms. The summed E-state index contributed by atoms with van der Waals surface area (Å²) in [5.74, 6) is 1.11. The summed E-state index contributed by atoms with van der Waals surface area (Å²) in [7, 11) is 0. The van der Waals surface area contributed by atoms with Gasteiger partial charge in [0.25, 0.3) is 0 Å². The van der Waals surface area contributed by atoms with Gasteiger partial charge in [0, 0.05) is 39.3 Å². The SMILES string of the molecule is O=C(CN1CCN(Cc2nc3ccccc3[nH]2)CC1)NC[C@H]1CCCO1. The lowest BCUT2D eigenvalue weighted by Crippen LogP contribution is -2.49. The number of aromatic amines is 1. The number of nitrogens with zero attached hydrogens (tertiary/aromatic N) is 3. The summed E-state index contributed by atoms with van der Waals surface area (Å²) in [6.45, 7) is 6.50. The maximum absolute atomic E-state index is 12.1. The second-order valence-electron chi connectivity index (χ2n) is 7.19. The number of carbonyl (C=O) groups excluding carboxylic acids is 1. The normalized spacial score (nSPS) is 22.1. The van der Waals surface area contributed by atoms with E-state index in [1.165, 1.54) is 0 Å². The highest BCUT2D eigenvalue weighted by atomic mass is 16.5. The molecule has 0 bridgehead atoms. The Labute approximate surface area is 153 Å². The van der Waals surface area contributed by atoms with Crippen molar-refractivity contribution in [1.82, 2.24) is 25.1 Å². The van der Waals surface area contributed by atoms with Gasteiger partial charge >= 0.3 is 0 Å². The van der Waals surface area contributed by atoms with Crippen LogP contribution >= 0.6 is 0 Å². The fraction of sp³-hybridized carbons (Fsp3) is 0.579. The number of piperazine rings is 1. The van der Waals surface area contributed by atoms with Gasteiger partial charge < -0.3 is 15.0 Å². The van der Waals surface area contributed by atoms with Crippen molar-refractivity contribution < 1.29 is 9.53 Å². The summed E-state index contributed by atoms with van der Waals surface area (Å²) < 4.78 is 5.54. The van der Waals surface area contributed by atoms with E-state index < -0.39 is 0 Å². The molecule has 0 saturated carbocycles. The molecule has 0 aliphatic carbocycles. The Morgan fingerprint density at radius 1 is 1.23 bits per heavy atom. The fourth-order valence-corrected chi connectivity index (χ4v) is 3.69. The smallest absolute Gasteiger partial charge is 0.234 e. The first-order valence-electron chi connectivity index (χ1n) is 9.53. The summed E-state index contributed by atoms with van der Waals surface area (Å²) in [4.78, 5) is 24.7. The van der Waals surface area contributed by atoms with E-state index in [9.17, 15) is 4.79 Å². The number of benzene rings is 1. The molecule has 7 nitrogen and oxygen atoms in total. The first-order valence-corrected chi connectivity index (χ1v) is 9.53. The third-order valence-electron chi connectivity index (χ3n) is 5.19. The van der Waals surface area contributed by atoms with E-state index in [0.717, 1.165) is 69.0 Å². The van der Waals surface area contributed by atoms with Gasteiger partial charge in [-0.3, -0.25) is 14.6 Å². The number of amides is 1. The van der Waals surface area contributed by atoms with Crippen molar-refractivity contribution in [2.75, 3.05) is 45.9 Å². The Morgan fingerprint density at radius 3 is 2.81 bits per heavy atom. The highest BCUT2D eigenvalue weighted by molar-refractivity contribution is 5.78. The lowest BCUT2D eigenvalue weighted by Gasteiger charge is -2.33. The quantitative estimate of drug-likeness (QED) is 0.806. The van der Waals surface area contributed by atoms with E-state index in [1.54, 1.807) is 0 Å². The predicted octanol–water partition coefficient (Wildman–Crippen LogP) is 0.976. The minimum atomic E-state index is 0.103. The summed E-state index contributed by atoms with van der Waals surface area (Å²) >= 11 is 0. The van der Waals surface area contributed by atoms with Crippen LogP contribution in [0, 0.1) is 0 Å². The summed E-state index contributed by atoms with van der Waals surface area (Å²) in [5, 5.41) is 3.00. The summed E-state index contributed by atoms with van der Waals surface area (Å²) in [6.07, 6.45) is 2.37. The second kappa shape index (κ2) is 8.16. The van der Waals surface area contributed by atoms with Crippen LogP contribution in [-0.2, 0) is 16.1 Å². The molecule has 26 heavy (non-hydrogen) atoms. The molecular formula is C19H27N5O2. The van der Waals surface area contributed by atoms with Gasteiger partial charge in [-0.1, -0.05) is 12.1 Å². The molecule has 0 spiro atoms. The van der Waals surface area contributed by atoms with Gasteiger partial charge in [-0.25, -0.2) is 4.98 Å². The van der Waals surface area contributed by atoms with Gasteiger partial charge in [-0.05, 0) is 25.0 Å². The number of aromatic nitrogens is 2. The van der Waals surface area contributed by atoms with Gasteiger partial charge in [0.05, 0.1) is 30.2 Å². The maximum Gasteiger partial charge on any atom is 0.234 e. The molecule has 1 aromatic heterocycles. The first-order chi connectivity index (χ1) is 12.8. The maximum atomic E-state index is 12.1. The zero-order chi connectivity index (χ0) is 17.8. The Balaban J connectivity index is 1.19. The Bertz CT molecular complexity index is 699. The molecule has 2 fully saturated rings. The highest BCUT2D eigenvalue weighted by Crippen LogP contribution is 2.13. The van der Waals surface area contributed by atoms with Crippen LogP contribution in [0.3, 0.4) is 0 Å². The van der Waals surface area contributed by atoms with E-state index in [2.05, 4.69) is 31.2 Å². The van der Waals surface area contributed by atoms with E-state index in [4.69, 9.17) is 4.74 Å². The first kappa shape index (κ1) is 17.5. The molecule has 2 aliphatic rings. The van der Waals surface area contributed by atoms with Crippen molar-refractivity contribution in [1.29, 1.82) is 0 Å². The number of rotatable bonds is 6. The highest BCUT2D eigenvalue weighted by Gasteiger charge is 2.21. The number of hydrogen-bond acceptors (Lipinski definition) is 5. The van der Waals surface area contributed by atoms with Crippen LogP contribution in [0.25, 0.3) is 11.0 Å². The minimum Gasteiger partial charge on any atom is -0.376 e. The van der Waals surface area contributed by atoms with Crippen LogP contribution in [0.4, 0.5) is 0 Å². The number of para-hydroxylation sites is 2. The number of hydrogen-bond donors (Lipinski definition) is 2. The molecule has 3 heterocycles. The van der Waals surface area contributed by atoms with Gasteiger partial charge in [0.1, 0.15) is 5.82 Å². The van der Waals surface area contributed by atoms with Crippen molar-refractivity contribution in [2.24, 2.45) is 0 Å². The zero-order valence-corrected chi connectivity index (χ0v) is 15.1. The standard InChI is InChI=1S/C19H27N5O2/c25-19(20-12-15-4-3-11-26-15)14-24-9-7-23(8-10-24)13-18-21-16-5-1-2-6-17(16)22-18/h1-2,5-6,15H,3-4,7-14H2,(H,20,25)(H,21,22)/t15-/m1/s1. The van der Waals surface area contributed by atoms with E-state index in [-0.39, 0.29) is 12.0 Å². The van der Waals surface area contributed by atoms with Crippen molar-refractivity contribution in [3.05, 3.63) is 30.1 Å². The van der Waals surface area contributed by atoms with E-state index >= 15 is 0 Å². The number of fused-ring (bicyclic) bond motifs is 1. The van der Waals surface area contributed by atoms with Crippen molar-refractivity contribution in [3.8, 4) is 0 Å². The Hall–Kier alpha value is -1.96. The van der Waals surface area contributed by atoms with Crippen molar-refractivity contribution in [2.45, 2.75) is 25.5 Å². The van der Waals surface area contributed by atoms with Gasteiger partial charge in [0.15, 0.2) is 0 Å². The molecule has 4 rings (SSSR count). The third-order valence-corrected chi connectivity index (χ3v) is 5.19. The van der Waals surface area contributed by atoms with Crippen LogP contribution in [0.15, 0.2) is 24.3 Å². The molecule has 2 saturated heterocycles. The molecular weight excluding hydrogens is 330 g/mol. The second-order valence-corrected chi connectivity index (χ2v) is 7.19. The Kier molecular flexibility index (Phi) is 5.48. The number of nitrogens with one attached hydrogen (secondary N) is 2. The molecule has 140 valence electrons. The topological polar surface area (TPSA) is 73.5 Å². The van der Waals surface area contributed by atoms with Crippen molar-refractivity contribution >= 4 is 16.9 Å². The lowest BCUT2D eigenvalue weighted by atomic mass is 10.2. The van der Waals surface area contributed by atoms with Crippen LogP contribution in [0.5, 0.6) is 0 Å². The monoisotopic (exact) mass is 357 g/mol. The third kappa shape index (κ3) is 4.41. The van der Waals surface area contributed by atoms with Crippen LogP contribution < -0.4 is 5.32 Å². The number of imidazole rings is 1. The molecule has 2 N–H and O–H groups in total. The molecule has 0 unspecified atom stereocenters. The summed E-state index contributed by atoms with van der Waals surface area (Å²) in [5.41, 5.74) is 2.10. The predicted molar refractivity (Wildman–Crippen MR) is 99.8 cm³/mol. The van der Waals surface area contributed by atoms with Gasteiger partial charge in [0.2, 0.25) is 5.91 Å². The van der Waals surface area contributed by atoms with E-state index in [0.29, 0.717) is 13.1 Å². The molecule has 1 amide bonds. The molecule has 2 aliphatic heterocycles. The molecule has 2 aromatic rings. The minimum absolute atomic E-state index is 0.103. The van der Waals surface area contributed by atoms with Crippen molar-refractivity contribution in [3.63, 3.8) is 0 Å². The van der Waals surface area contributed by atoms with Gasteiger partial charge in [-0.15, -0.1) is 0 Å². The van der Waals surface area contributed by atoms with Crippen LogP contribution in [-0.4, -0.2) is 77.7 Å². The summed E-state index contributed by atoms with van der Waals surface area (Å²) in [6, 6.07) is 8.12. The zero-order valence-electron chi connectivity index (χ0n) is 15.1.